The first-order valence-corrected chi connectivity index (χ1v) is 6.86. The van der Waals surface area contributed by atoms with Crippen molar-refractivity contribution in [3.05, 3.63) is 5.92 Å². The van der Waals surface area contributed by atoms with Crippen molar-refractivity contribution < 1.29 is 117 Å². The van der Waals surface area contributed by atoms with E-state index in [9.17, 15) is 49.1 Å². The fraction of sp³-hybridized carbons (Fsp3) is 0.769. The fourth-order valence-electron chi connectivity index (χ4n) is 1.29. The minimum absolute atomic E-state index is 0. The predicted octanol–water partition coefficient (Wildman–Crippen LogP) is 0.939. The Morgan fingerprint density at radius 2 is 1.37 bits per heavy atom. The van der Waals surface area contributed by atoms with Crippen LogP contribution in [0.3, 0.4) is 0 Å². The van der Waals surface area contributed by atoms with Gasteiger partial charge in [0, 0.05) is 0 Å². The molecule has 0 amide bonds. The van der Waals surface area contributed by atoms with E-state index in [-0.39, 0.29) is 70.5 Å². The van der Waals surface area contributed by atoms with Crippen molar-refractivity contribution in [3.63, 3.8) is 0 Å². The monoisotopic (exact) mass is 490 g/mol. The van der Waals surface area contributed by atoms with Crippen LogP contribution < -0.4 is 58.2 Å². The summed E-state index contributed by atoms with van der Waals surface area (Å²) in [6, 6.07) is 0. The topological polar surface area (TPSA) is 52.6 Å². The van der Waals surface area contributed by atoms with E-state index < -0.39 is 55.5 Å². The third kappa shape index (κ3) is 7.39. The zero-order valence-electron chi connectivity index (χ0n) is 14.4. The Morgan fingerprint density at radius 3 is 1.78 bits per heavy atom. The molecule has 0 unspecified atom stereocenters. The molecule has 0 spiro atoms. The summed E-state index contributed by atoms with van der Waals surface area (Å²) in [5.41, 5.74) is 0. The van der Waals surface area contributed by atoms with Gasteiger partial charge in [0.15, 0.2) is 12.6 Å². The van der Waals surface area contributed by atoms with Crippen LogP contribution in [0.5, 0.6) is 0 Å². The van der Waals surface area contributed by atoms with Crippen molar-refractivity contribution in [3.8, 4) is 0 Å². The minimum Gasteiger partial charge on any atom is -0.476 e. The average molecular weight is 491 g/mol. The number of alkyl halides is 9. The molecular formula is C13H14F9O4Rb. The summed E-state index contributed by atoms with van der Waals surface area (Å²) in [5.74, 6) is -21.8. The third-order valence-electron chi connectivity index (χ3n) is 3.09. The molecule has 27 heavy (non-hydrogen) atoms. The third-order valence-corrected chi connectivity index (χ3v) is 3.09. The van der Waals surface area contributed by atoms with E-state index in [0.717, 1.165) is 0 Å². The minimum atomic E-state index is -7.00. The molecule has 0 fully saturated rings. The van der Waals surface area contributed by atoms with Crippen LogP contribution in [0.4, 0.5) is 39.5 Å². The van der Waals surface area contributed by atoms with Gasteiger partial charge in [-0.1, -0.05) is 6.92 Å². The quantitative estimate of drug-likeness (QED) is 0.274. The molecule has 14 heteroatoms. The van der Waals surface area contributed by atoms with Crippen LogP contribution in [0, 0.1) is 5.92 Å². The second-order valence-corrected chi connectivity index (χ2v) is 5.03. The molecule has 0 saturated heterocycles. The van der Waals surface area contributed by atoms with Crippen molar-refractivity contribution in [1.82, 2.24) is 0 Å². The molecule has 0 aromatic heterocycles. The van der Waals surface area contributed by atoms with Crippen LogP contribution in [0.2, 0.25) is 0 Å². The Kier molecular flexibility index (Phi) is 11.5. The van der Waals surface area contributed by atoms with E-state index in [1.807, 2.05) is 0 Å². The number of halogens is 9. The molecule has 0 rings (SSSR count). The molecule has 0 aliphatic rings. The van der Waals surface area contributed by atoms with Gasteiger partial charge in [-0.05, 0) is 0 Å². The Bertz CT molecular complexity index is 509. The Labute approximate surface area is 196 Å². The Balaban J connectivity index is 0. The van der Waals surface area contributed by atoms with Crippen LogP contribution in [0.1, 0.15) is 26.7 Å². The molecule has 0 heterocycles. The first-order chi connectivity index (χ1) is 11.5. The predicted molar refractivity (Wildman–Crippen MR) is 66.6 cm³/mol. The van der Waals surface area contributed by atoms with Crippen molar-refractivity contribution in [2.75, 3.05) is 13.2 Å². The zero-order valence-corrected chi connectivity index (χ0v) is 19.3. The SMILES string of the molecule is CC[C-](C)C(=O)OCC(=O)OCCC(F)(F)C(F)(F)C(F)(F)C(F)(F)F.[Rb+]. The van der Waals surface area contributed by atoms with Gasteiger partial charge in [0.25, 0.3) is 0 Å². The molecule has 0 aromatic carbocycles. The average Bonchev–Trinajstić information content (AvgIpc) is 2.49. The molecule has 154 valence electrons. The maximum Gasteiger partial charge on any atom is 1.00 e. The van der Waals surface area contributed by atoms with Gasteiger partial charge in [-0.25, -0.2) is 4.79 Å². The summed E-state index contributed by atoms with van der Waals surface area (Å²) in [7, 11) is 0. The van der Waals surface area contributed by atoms with Crippen molar-refractivity contribution in [2.45, 2.75) is 50.6 Å². The van der Waals surface area contributed by atoms with Gasteiger partial charge in [-0.2, -0.15) is 52.9 Å². The maximum atomic E-state index is 13.1. The summed E-state index contributed by atoms with van der Waals surface area (Å²) < 4.78 is 121. The van der Waals surface area contributed by atoms with Gasteiger partial charge >= 0.3 is 88.1 Å². The van der Waals surface area contributed by atoms with Gasteiger partial charge in [0.05, 0.1) is 13.0 Å². The van der Waals surface area contributed by atoms with Gasteiger partial charge in [0.2, 0.25) is 0 Å². The van der Waals surface area contributed by atoms with Crippen LogP contribution in [-0.4, -0.2) is 49.1 Å². The summed E-state index contributed by atoms with van der Waals surface area (Å²) in [4.78, 5) is 22.3. The normalized spacial score (nSPS) is 12.9. The molecule has 0 atom stereocenters. The second kappa shape index (κ2) is 10.7. The van der Waals surface area contributed by atoms with Gasteiger partial charge in [-0.3, -0.25) is 10.7 Å². The number of rotatable bonds is 9. The number of hydrogen-bond donors (Lipinski definition) is 0. The number of hydrogen-bond acceptors (Lipinski definition) is 4. The second-order valence-electron chi connectivity index (χ2n) is 5.03. The molecule has 0 bridgehead atoms. The van der Waals surface area contributed by atoms with Crippen molar-refractivity contribution in [1.29, 1.82) is 0 Å². The molecular weight excluding hydrogens is 477 g/mol. The van der Waals surface area contributed by atoms with E-state index in [1.165, 1.54) is 6.92 Å². The number of carbonyl (C=O) groups is 2. The smallest absolute Gasteiger partial charge is 0.476 e. The van der Waals surface area contributed by atoms with Crippen LogP contribution in [0.15, 0.2) is 0 Å². The number of esters is 2. The van der Waals surface area contributed by atoms with Gasteiger partial charge in [-0.15, -0.1) is 0 Å². The summed E-state index contributed by atoms with van der Waals surface area (Å²) in [6.07, 6.45) is -8.97. The molecule has 0 aliphatic carbocycles. The summed E-state index contributed by atoms with van der Waals surface area (Å²) in [6.45, 7) is 0.241. The molecule has 0 aromatic rings. The number of ether oxygens (including phenoxy) is 2. The first-order valence-electron chi connectivity index (χ1n) is 6.86. The Hall–Kier alpha value is -0.0148. The van der Waals surface area contributed by atoms with Gasteiger partial charge in [0.1, 0.15) is 0 Å². The van der Waals surface area contributed by atoms with E-state index in [0.29, 0.717) is 0 Å². The molecule has 4 nitrogen and oxygen atoms in total. The van der Waals surface area contributed by atoms with Crippen LogP contribution >= 0.6 is 0 Å². The largest absolute Gasteiger partial charge is 1.00 e. The van der Waals surface area contributed by atoms with E-state index >= 15 is 0 Å². The maximum absolute atomic E-state index is 13.1. The van der Waals surface area contributed by atoms with Crippen molar-refractivity contribution in [2.24, 2.45) is 0 Å². The first kappa shape index (κ1) is 29.2. The number of carbonyl (C=O) groups excluding carboxylic acids is 2. The van der Waals surface area contributed by atoms with Gasteiger partial charge < -0.3 is 9.47 Å². The molecule has 0 aliphatic heterocycles. The van der Waals surface area contributed by atoms with E-state index in [1.54, 1.807) is 6.92 Å². The van der Waals surface area contributed by atoms with Crippen molar-refractivity contribution >= 4 is 11.9 Å². The van der Waals surface area contributed by atoms with E-state index in [2.05, 4.69) is 9.47 Å². The standard InChI is InChI=1S/C13H14F9O4.Rb/c1-3-7(2)9(24)26-6-8(23)25-5-4-10(14,15)11(16,17)12(18,19)13(20,21)22;/h3-6H2,1-2H3;/q-1;+1. The van der Waals surface area contributed by atoms with E-state index in [4.69, 9.17) is 0 Å². The molecule has 0 radical (unpaired) electrons. The molecule has 0 N–H and O–H groups in total. The zero-order chi connectivity index (χ0) is 21.0. The fourth-order valence-corrected chi connectivity index (χ4v) is 1.29. The summed E-state index contributed by atoms with van der Waals surface area (Å²) in [5, 5.41) is 0. The van der Waals surface area contributed by atoms with Crippen LogP contribution in [-0.2, 0) is 19.1 Å². The van der Waals surface area contributed by atoms with Crippen LogP contribution in [0.25, 0.3) is 0 Å². The molecule has 0 saturated carbocycles. The summed E-state index contributed by atoms with van der Waals surface area (Å²) >= 11 is 0. The Morgan fingerprint density at radius 1 is 0.889 bits per heavy atom.